The molecule has 5 rings (SSSR count). The van der Waals surface area contributed by atoms with Crippen molar-refractivity contribution in [1.82, 2.24) is 14.8 Å². The predicted molar refractivity (Wildman–Crippen MR) is 134 cm³/mol. The molecule has 2 unspecified atom stereocenters. The molecule has 4 aromatic rings. The minimum atomic E-state index is -0.619. The quantitative estimate of drug-likeness (QED) is 0.435. The van der Waals surface area contributed by atoms with Gasteiger partial charge in [0.05, 0.1) is 20.3 Å². The highest BCUT2D eigenvalue weighted by Crippen LogP contribution is 2.40. The SMILES string of the molecule is COc1ccc(C2C(C(=O)Nc3ccccc3)C(C)=Nc3nc(-c4ccccc4)nn32)cc1OC. The van der Waals surface area contributed by atoms with Crippen molar-refractivity contribution in [2.45, 2.75) is 13.0 Å². The van der Waals surface area contributed by atoms with E-state index >= 15 is 0 Å². The van der Waals surface area contributed by atoms with Crippen LogP contribution in [0.5, 0.6) is 11.5 Å². The van der Waals surface area contributed by atoms with E-state index in [0.29, 0.717) is 34.7 Å². The third-order valence-electron chi connectivity index (χ3n) is 6.02. The molecule has 3 aromatic carbocycles. The number of hydrogen-bond acceptors (Lipinski definition) is 6. The summed E-state index contributed by atoms with van der Waals surface area (Å²) < 4.78 is 12.7. The van der Waals surface area contributed by atoms with Gasteiger partial charge < -0.3 is 14.8 Å². The van der Waals surface area contributed by atoms with Crippen molar-refractivity contribution in [1.29, 1.82) is 0 Å². The number of anilines is 1. The lowest BCUT2D eigenvalue weighted by Crippen LogP contribution is -2.39. The van der Waals surface area contributed by atoms with Crippen LogP contribution in [-0.2, 0) is 4.79 Å². The Bertz CT molecular complexity index is 1380. The van der Waals surface area contributed by atoms with Gasteiger partial charge in [0, 0.05) is 17.0 Å². The monoisotopic (exact) mass is 467 g/mol. The molecule has 2 heterocycles. The van der Waals surface area contributed by atoms with E-state index in [-0.39, 0.29) is 5.91 Å². The topological polar surface area (TPSA) is 90.6 Å². The Morgan fingerprint density at radius 3 is 2.29 bits per heavy atom. The van der Waals surface area contributed by atoms with E-state index < -0.39 is 12.0 Å². The molecular weight excluding hydrogens is 442 g/mol. The predicted octanol–water partition coefficient (Wildman–Crippen LogP) is 4.91. The number of hydrogen-bond donors (Lipinski definition) is 1. The first-order chi connectivity index (χ1) is 17.1. The van der Waals surface area contributed by atoms with Gasteiger partial charge in [-0.1, -0.05) is 54.6 Å². The molecule has 0 aliphatic carbocycles. The number of ether oxygens (including phenoxy) is 2. The molecule has 0 saturated carbocycles. The summed E-state index contributed by atoms with van der Waals surface area (Å²) in [4.78, 5) is 23.0. The maximum Gasteiger partial charge on any atom is 0.248 e. The molecule has 1 aliphatic rings. The molecule has 35 heavy (non-hydrogen) atoms. The second kappa shape index (κ2) is 9.42. The molecule has 1 aromatic heterocycles. The Kier molecular flexibility index (Phi) is 6.01. The number of aromatic nitrogens is 3. The summed E-state index contributed by atoms with van der Waals surface area (Å²) in [6.07, 6.45) is 0. The van der Waals surface area contributed by atoms with E-state index in [2.05, 4.69) is 15.3 Å². The zero-order valence-corrected chi connectivity index (χ0v) is 19.7. The highest BCUT2D eigenvalue weighted by atomic mass is 16.5. The summed E-state index contributed by atoms with van der Waals surface area (Å²) >= 11 is 0. The second-order valence-corrected chi connectivity index (χ2v) is 8.19. The van der Waals surface area contributed by atoms with Gasteiger partial charge in [-0.2, -0.15) is 4.98 Å². The zero-order chi connectivity index (χ0) is 24.4. The van der Waals surface area contributed by atoms with Crippen LogP contribution in [0.15, 0.2) is 83.9 Å². The van der Waals surface area contributed by atoms with Gasteiger partial charge in [-0.25, -0.2) is 9.67 Å². The van der Waals surface area contributed by atoms with E-state index in [0.717, 1.165) is 11.1 Å². The van der Waals surface area contributed by atoms with Crippen LogP contribution in [0.4, 0.5) is 11.6 Å². The molecule has 1 N–H and O–H groups in total. The standard InChI is InChI=1S/C27H25N5O3/c1-17-23(26(33)29-20-12-8-5-9-13-20)24(19-14-15-21(34-2)22(16-19)35-3)32-27(28-17)30-25(31-32)18-10-6-4-7-11-18/h4-16,23-24H,1-3H3,(H,29,33). The number of amides is 1. The van der Waals surface area contributed by atoms with E-state index in [4.69, 9.17) is 14.6 Å². The third kappa shape index (κ3) is 4.26. The fourth-order valence-electron chi connectivity index (χ4n) is 4.33. The second-order valence-electron chi connectivity index (χ2n) is 8.19. The molecule has 0 fully saturated rings. The Balaban J connectivity index is 1.63. The first-order valence-electron chi connectivity index (χ1n) is 11.2. The van der Waals surface area contributed by atoms with Gasteiger partial charge >= 0.3 is 0 Å². The van der Waals surface area contributed by atoms with Gasteiger partial charge in [0.15, 0.2) is 17.3 Å². The van der Waals surface area contributed by atoms with Crippen LogP contribution in [0.3, 0.4) is 0 Å². The van der Waals surface area contributed by atoms with Gasteiger partial charge in [0.1, 0.15) is 5.92 Å². The number of carbonyl (C=O) groups is 1. The minimum Gasteiger partial charge on any atom is -0.493 e. The van der Waals surface area contributed by atoms with E-state index in [9.17, 15) is 4.79 Å². The number of para-hydroxylation sites is 1. The number of fused-ring (bicyclic) bond motifs is 1. The molecule has 2 atom stereocenters. The van der Waals surface area contributed by atoms with Crippen molar-refractivity contribution in [3.8, 4) is 22.9 Å². The van der Waals surface area contributed by atoms with E-state index in [1.165, 1.54) is 0 Å². The largest absolute Gasteiger partial charge is 0.493 e. The first kappa shape index (κ1) is 22.3. The fraction of sp³-hybridized carbons (Fsp3) is 0.185. The summed E-state index contributed by atoms with van der Waals surface area (Å²) in [6, 6.07) is 24.2. The van der Waals surface area contributed by atoms with Gasteiger partial charge in [0.25, 0.3) is 0 Å². The summed E-state index contributed by atoms with van der Waals surface area (Å²) in [7, 11) is 3.18. The van der Waals surface area contributed by atoms with Crippen LogP contribution in [0, 0.1) is 5.92 Å². The number of nitrogens with one attached hydrogen (secondary N) is 1. The molecule has 1 aliphatic heterocycles. The van der Waals surface area contributed by atoms with Crippen LogP contribution in [0.2, 0.25) is 0 Å². The summed E-state index contributed by atoms with van der Waals surface area (Å²) in [5.74, 6) is 1.37. The molecular formula is C27H25N5O3. The number of carbonyl (C=O) groups excluding carboxylic acids is 1. The lowest BCUT2D eigenvalue weighted by molar-refractivity contribution is -0.118. The molecule has 1 amide bonds. The Hall–Kier alpha value is -4.46. The normalized spacial score (nSPS) is 16.7. The number of nitrogens with zero attached hydrogens (tertiary/aromatic N) is 4. The van der Waals surface area contributed by atoms with Crippen LogP contribution in [0.25, 0.3) is 11.4 Å². The number of benzene rings is 3. The van der Waals surface area contributed by atoms with Crippen LogP contribution in [0.1, 0.15) is 18.5 Å². The molecule has 0 spiro atoms. The maximum atomic E-state index is 13.6. The van der Waals surface area contributed by atoms with Gasteiger partial charge in [0.2, 0.25) is 11.9 Å². The zero-order valence-electron chi connectivity index (χ0n) is 19.7. The number of aliphatic imine (C=N–C) groups is 1. The summed E-state index contributed by atoms with van der Waals surface area (Å²) in [6.45, 7) is 1.85. The van der Waals surface area contributed by atoms with Crippen LogP contribution >= 0.6 is 0 Å². The van der Waals surface area contributed by atoms with Crippen molar-refractivity contribution in [2.24, 2.45) is 10.9 Å². The van der Waals surface area contributed by atoms with Gasteiger partial charge in [-0.3, -0.25) is 4.79 Å². The summed E-state index contributed by atoms with van der Waals surface area (Å²) in [5.41, 5.74) is 3.07. The highest BCUT2D eigenvalue weighted by molar-refractivity contribution is 6.10. The maximum absolute atomic E-state index is 13.6. The van der Waals surface area contributed by atoms with Crippen molar-refractivity contribution in [3.05, 3.63) is 84.4 Å². The average Bonchev–Trinajstić information content (AvgIpc) is 3.32. The van der Waals surface area contributed by atoms with Crippen molar-refractivity contribution < 1.29 is 14.3 Å². The molecule has 0 radical (unpaired) electrons. The minimum absolute atomic E-state index is 0.181. The van der Waals surface area contributed by atoms with Crippen molar-refractivity contribution in [3.63, 3.8) is 0 Å². The van der Waals surface area contributed by atoms with Crippen molar-refractivity contribution in [2.75, 3.05) is 19.5 Å². The first-order valence-corrected chi connectivity index (χ1v) is 11.2. The van der Waals surface area contributed by atoms with Crippen molar-refractivity contribution >= 4 is 23.3 Å². The number of methoxy groups -OCH3 is 2. The highest BCUT2D eigenvalue weighted by Gasteiger charge is 2.39. The lowest BCUT2D eigenvalue weighted by atomic mass is 9.87. The molecule has 8 nitrogen and oxygen atoms in total. The summed E-state index contributed by atoms with van der Waals surface area (Å²) in [5, 5.41) is 7.82. The van der Waals surface area contributed by atoms with Crippen LogP contribution < -0.4 is 14.8 Å². The smallest absolute Gasteiger partial charge is 0.248 e. The van der Waals surface area contributed by atoms with Gasteiger partial charge in [-0.05, 0) is 36.8 Å². The average molecular weight is 468 g/mol. The Morgan fingerprint density at radius 2 is 1.60 bits per heavy atom. The Morgan fingerprint density at radius 1 is 0.914 bits per heavy atom. The molecule has 176 valence electrons. The van der Waals surface area contributed by atoms with Crippen LogP contribution in [-0.4, -0.2) is 40.6 Å². The molecule has 0 saturated heterocycles. The molecule has 8 heteroatoms. The van der Waals surface area contributed by atoms with Gasteiger partial charge in [-0.15, -0.1) is 5.10 Å². The molecule has 0 bridgehead atoms. The van der Waals surface area contributed by atoms with E-state index in [1.54, 1.807) is 18.9 Å². The van der Waals surface area contributed by atoms with E-state index in [1.807, 2.05) is 85.8 Å². The third-order valence-corrected chi connectivity index (χ3v) is 6.02. The fourth-order valence-corrected chi connectivity index (χ4v) is 4.33. The Labute approximate surface area is 203 Å². The number of rotatable bonds is 6. The lowest BCUT2D eigenvalue weighted by Gasteiger charge is -2.30.